The number of benzene rings is 2. The summed E-state index contributed by atoms with van der Waals surface area (Å²) >= 11 is 0. The van der Waals surface area contributed by atoms with E-state index in [9.17, 15) is 19.3 Å². The highest BCUT2D eigenvalue weighted by Crippen LogP contribution is 2.19. The number of non-ortho nitro benzene ring substituents is 1. The zero-order valence-electron chi connectivity index (χ0n) is 14.7. The maximum Gasteiger partial charge on any atom is 0.273 e. The summed E-state index contributed by atoms with van der Waals surface area (Å²) in [4.78, 5) is 26.3. The smallest absolute Gasteiger partial charge is 0.273 e. The minimum atomic E-state index is -0.510. The molecule has 0 spiro atoms. The van der Waals surface area contributed by atoms with Crippen LogP contribution >= 0.6 is 0 Å². The van der Waals surface area contributed by atoms with Crippen LogP contribution in [0.25, 0.3) is 0 Å². The number of ether oxygens (including phenoxy) is 1. The molecular formula is C19H20FN3O4. The maximum absolute atomic E-state index is 13.7. The molecule has 0 saturated carbocycles. The van der Waals surface area contributed by atoms with Gasteiger partial charge in [-0.15, -0.1) is 0 Å². The summed E-state index contributed by atoms with van der Waals surface area (Å²) in [6.45, 7) is 2.71. The molecule has 2 aromatic rings. The van der Waals surface area contributed by atoms with Crippen molar-refractivity contribution in [2.45, 2.75) is 6.54 Å². The van der Waals surface area contributed by atoms with E-state index in [1.165, 1.54) is 24.3 Å². The Morgan fingerprint density at radius 1 is 1.11 bits per heavy atom. The van der Waals surface area contributed by atoms with Gasteiger partial charge in [0, 0.05) is 44.4 Å². The molecule has 0 N–H and O–H groups in total. The second-order valence-corrected chi connectivity index (χ2v) is 6.29. The van der Waals surface area contributed by atoms with Crippen molar-refractivity contribution in [2.24, 2.45) is 0 Å². The van der Waals surface area contributed by atoms with Crippen LogP contribution in [0.15, 0.2) is 48.5 Å². The Morgan fingerprint density at radius 2 is 1.85 bits per heavy atom. The number of rotatable bonds is 6. The third-order valence-electron chi connectivity index (χ3n) is 4.47. The van der Waals surface area contributed by atoms with Crippen molar-refractivity contribution in [1.29, 1.82) is 0 Å². The highest BCUT2D eigenvalue weighted by Gasteiger charge is 2.22. The third-order valence-corrected chi connectivity index (χ3v) is 4.47. The Labute approximate surface area is 156 Å². The van der Waals surface area contributed by atoms with Crippen LogP contribution in [0.5, 0.6) is 5.75 Å². The van der Waals surface area contributed by atoms with Crippen LogP contribution in [-0.4, -0.2) is 53.4 Å². The summed E-state index contributed by atoms with van der Waals surface area (Å²) in [7, 11) is 0. The van der Waals surface area contributed by atoms with Gasteiger partial charge in [-0.2, -0.15) is 0 Å². The lowest BCUT2D eigenvalue weighted by atomic mass is 10.2. The molecule has 8 heteroatoms. The molecule has 2 aromatic carbocycles. The van der Waals surface area contributed by atoms with E-state index in [1.54, 1.807) is 23.1 Å². The molecule has 142 valence electrons. The van der Waals surface area contributed by atoms with Gasteiger partial charge in [0.05, 0.1) is 11.0 Å². The lowest BCUT2D eigenvalue weighted by Gasteiger charge is -2.34. The topological polar surface area (TPSA) is 75.9 Å². The second kappa shape index (κ2) is 8.59. The van der Waals surface area contributed by atoms with E-state index < -0.39 is 4.92 Å². The van der Waals surface area contributed by atoms with Crippen LogP contribution < -0.4 is 4.74 Å². The maximum atomic E-state index is 13.7. The predicted molar refractivity (Wildman–Crippen MR) is 96.8 cm³/mol. The number of amides is 1. The fourth-order valence-electron chi connectivity index (χ4n) is 2.95. The average Bonchev–Trinajstić information content (AvgIpc) is 2.68. The first-order valence-electron chi connectivity index (χ1n) is 8.64. The van der Waals surface area contributed by atoms with Gasteiger partial charge in [0.2, 0.25) is 0 Å². The summed E-state index contributed by atoms with van der Waals surface area (Å²) in [6, 6.07) is 12.4. The monoisotopic (exact) mass is 373 g/mol. The highest BCUT2D eigenvalue weighted by molar-refractivity contribution is 5.77. The summed E-state index contributed by atoms with van der Waals surface area (Å²) in [5.74, 6) is -0.107. The summed E-state index contributed by atoms with van der Waals surface area (Å²) < 4.78 is 19.1. The van der Waals surface area contributed by atoms with E-state index in [2.05, 4.69) is 4.90 Å². The van der Waals surface area contributed by atoms with Crippen molar-refractivity contribution in [1.82, 2.24) is 9.80 Å². The van der Waals surface area contributed by atoms with E-state index in [-0.39, 0.29) is 29.8 Å². The molecule has 0 radical (unpaired) electrons. The predicted octanol–water partition coefficient (Wildman–Crippen LogP) is 2.46. The van der Waals surface area contributed by atoms with Crippen LogP contribution in [0.4, 0.5) is 10.1 Å². The fourth-order valence-corrected chi connectivity index (χ4v) is 2.95. The van der Waals surface area contributed by atoms with Gasteiger partial charge in [-0.25, -0.2) is 4.39 Å². The van der Waals surface area contributed by atoms with E-state index >= 15 is 0 Å². The van der Waals surface area contributed by atoms with Crippen LogP contribution in [0.1, 0.15) is 5.56 Å². The van der Waals surface area contributed by atoms with E-state index in [0.29, 0.717) is 38.3 Å². The van der Waals surface area contributed by atoms with Crippen molar-refractivity contribution in [3.05, 3.63) is 70.0 Å². The molecular weight excluding hydrogens is 353 g/mol. The van der Waals surface area contributed by atoms with Gasteiger partial charge in [0.15, 0.2) is 6.61 Å². The quantitative estimate of drug-likeness (QED) is 0.574. The number of hydrogen-bond donors (Lipinski definition) is 0. The van der Waals surface area contributed by atoms with Gasteiger partial charge in [0.1, 0.15) is 11.6 Å². The second-order valence-electron chi connectivity index (χ2n) is 6.29. The Kier molecular flexibility index (Phi) is 5.97. The summed E-state index contributed by atoms with van der Waals surface area (Å²) in [5, 5.41) is 10.8. The molecule has 0 aromatic heterocycles. The summed E-state index contributed by atoms with van der Waals surface area (Å²) in [6.07, 6.45) is 0. The van der Waals surface area contributed by atoms with Crippen molar-refractivity contribution in [2.75, 3.05) is 32.8 Å². The van der Waals surface area contributed by atoms with Gasteiger partial charge in [-0.1, -0.05) is 24.3 Å². The van der Waals surface area contributed by atoms with E-state index in [1.807, 2.05) is 6.07 Å². The lowest BCUT2D eigenvalue weighted by Crippen LogP contribution is -2.49. The zero-order chi connectivity index (χ0) is 19.2. The molecule has 1 amide bonds. The van der Waals surface area contributed by atoms with Crippen molar-refractivity contribution < 1.29 is 18.8 Å². The average molecular weight is 373 g/mol. The number of nitro groups is 1. The number of nitrogens with zero attached hydrogens (tertiary/aromatic N) is 3. The Balaban J connectivity index is 1.46. The van der Waals surface area contributed by atoms with Crippen LogP contribution in [0, 0.1) is 15.9 Å². The fraction of sp³-hybridized carbons (Fsp3) is 0.316. The van der Waals surface area contributed by atoms with Gasteiger partial charge < -0.3 is 9.64 Å². The molecule has 0 aliphatic carbocycles. The Bertz CT molecular complexity index is 822. The lowest BCUT2D eigenvalue weighted by molar-refractivity contribution is -0.384. The van der Waals surface area contributed by atoms with Crippen LogP contribution in [0.3, 0.4) is 0 Å². The molecule has 0 bridgehead atoms. The molecule has 0 unspecified atom stereocenters. The SMILES string of the molecule is O=C(COc1cccc([N+](=O)[O-])c1)N1CCN(Cc2ccccc2F)CC1. The van der Waals surface area contributed by atoms with Gasteiger partial charge in [0.25, 0.3) is 11.6 Å². The standard InChI is InChI=1S/C19H20FN3O4/c20-18-7-2-1-4-15(18)13-21-8-10-22(11-9-21)19(24)14-27-17-6-3-5-16(12-17)23(25)26/h1-7,12H,8-11,13-14H2. The molecule has 1 heterocycles. The number of halogens is 1. The normalized spacial score (nSPS) is 14.8. The first kappa shape index (κ1) is 18.8. The van der Waals surface area contributed by atoms with Crippen molar-refractivity contribution in [3.8, 4) is 5.75 Å². The number of hydrogen-bond acceptors (Lipinski definition) is 5. The number of nitro benzene ring substituents is 1. The molecule has 1 saturated heterocycles. The molecule has 1 fully saturated rings. The van der Waals surface area contributed by atoms with Gasteiger partial charge in [-0.05, 0) is 12.1 Å². The van der Waals surface area contributed by atoms with Gasteiger partial charge in [-0.3, -0.25) is 19.8 Å². The number of piperazine rings is 1. The minimum absolute atomic E-state index is 0.0818. The van der Waals surface area contributed by atoms with Crippen LogP contribution in [-0.2, 0) is 11.3 Å². The molecule has 0 atom stereocenters. The molecule has 1 aliphatic heterocycles. The largest absolute Gasteiger partial charge is 0.484 e. The zero-order valence-corrected chi connectivity index (χ0v) is 14.7. The Morgan fingerprint density at radius 3 is 2.56 bits per heavy atom. The van der Waals surface area contributed by atoms with E-state index in [4.69, 9.17) is 4.74 Å². The minimum Gasteiger partial charge on any atom is -0.484 e. The molecule has 7 nitrogen and oxygen atoms in total. The van der Waals surface area contributed by atoms with Crippen LogP contribution in [0.2, 0.25) is 0 Å². The van der Waals surface area contributed by atoms with Gasteiger partial charge >= 0.3 is 0 Å². The number of carbonyl (C=O) groups is 1. The molecule has 1 aliphatic rings. The third kappa shape index (κ3) is 5.01. The molecule has 3 rings (SSSR count). The van der Waals surface area contributed by atoms with Crippen molar-refractivity contribution >= 4 is 11.6 Å². The van der Waals surface area contributed by atoms with Crippen molar-refractivity contribution in [3.63, 3.8) is 0 Å². The first-order chi connectivity index (χ1) is 13.0. The number of carbonyl (C=O) groups excluding carboxylic acids is 1. The highest BCUT2D eigenvalue weighted by atomic mass is 19.1. The summed E-state index contributed by atoms with van der Waals surface area (Å²) in [5.41, 5.74) is 0.563. The first-order valence-corrected chi connectivity index (χ1v) is 8.64. The van der Waals surface area contributed by atoms with E-state index in [0.717, 1.165) is 0 Å². The Hall–Kier alpha value is -3.00. The molecule has 27 heavy (non-hydrogen) atoms.